The average molecular weight is 312 g/mol. The first-order chi connectivity index (χ1) is 11.2. The molecule has 0 atom stereocenters. The monoisotopic (exact) mass is 312 g/mol. The van der Waals surface area contributed by atoms with Crippen molar-refractivity contribution in [3.05, 3.63) is 47.8 Å². The van der Waals surface area contributed by atoms with Crippen LogP contribution in [0.2, 0.25) is 0 Å². The van der Waals surface area contributed by atoms with Gasteiger partial charge >= 0.3 is 0 Å². The summed E-state index contributed by atoms with van der Waals surface area (Å²) in [5, 5.41) is 3.49. The molecule has 3 rings (SSSR count). The molecule has 0 aliphatic carbocycles. The van der Waals surface area contributed by atoms with E-state index in [4.69, 9.17) is 4.74 Å². The van der Waals surface area contributed by atoms with Crippen LogP contribution in [0, 0.1) is 6.92 Å². The molecular weight excluding hydrogens is 288 g/mol. The Bertz CT molecular complexity index is 638. The van der Waals surface area contributed by atoms with E-state index in [1.165, 1.54) is 17.5 Å². The Labute approximate surface area is 137 Å². The van der Waals surface area contributed by atoms with Crippen LogP contribution in [0.3, 0.4) is 0 Å². The zero-order chi connectivity index (χ0) is 16.1. The number of nitrogens with zero attached hydrogens (tertiary/aromatic N) is 3. The van der Waals surface area contributed by atoms with Gasteiger partial charge in [0, 0.05) is 31.7 Å². The fourth-order valence-corrected chi connectivity index (χ4v) is 3.00. The lowest BCUT2D eigenvalue weighted by Gasteiger charge is -2.32. The fraction of sp³-hybridized carbons (Fsp3) is 0.444. The highest BCUT2D eigenvalue weighted by Gasteiger charge is 2.20. The van der Waals surface area contributed by atoms with E-state index in [0.29, 0.717) is 11.9 Å². The third kappa shape index (κ3) is 4.20. The van der Waals surface area contributed by atoms with Gasteiger partial charge in [0.2, 0.25) is 5.88 Å². The SMILES string of the molecule is COc1cc(NC2CCN(Cc3ccccc3C)CC2)ncn1. The first-order valence-corrected chi connectivity index (χ1v) is 8.14. The fourth-order valence-electron chi connectivity index (χ4n) is 3.00. The Morgan fingerprint density at radius 2 is 2.00 bits per heavy atom. The van der Waals surface area contributed by atoms with Crippen molar-refractivity contribution in [1.82, 2.24) is 14.9 Å². The number of rotatable bonds is 5. The van der Waals surface area contributed by atoms with Crippen LogP contribution in [-0.2, 0) is 6.54 Å². The summed E-state index contributed by atoms with van der Waals surface area (Å²) in [6.45, 7) is 5.44. The predicted molar refractivity (Wildman–Crippen MR) is 91.7 cm³/mol. The van der Waals surface area contributed by atoms with Gasteiger partial charge in [-0.05, 0) is 30.9 Å². The molecule has 0 saturated carbocycles. The molecule has 1 aromatic heterocycles. The summed E-state index contributed by atoms with van der Waals surface area (Å²) in [4.78, 5) is 10.8. The summed E-state index contributed by atoms with van der Waals surface area (Å²) in [6, 6.07) is 10.9. The maximum atomic E-state index is 5.14. The normalized spacial score (nSPS) is 16.3. The topological polar surface area (TPSA) is 50.3 Å². The molecule has 0 bridgehead atoms. The van der Waals surface area contributed by atoms with Crippen LogP contribution in [-0.4, -0.2) is 41.1 Å². The minimum absolute atomic E-state index is 0.461. The lowest BCUT2D eigenvalue weighted by Crippen LogP contribution is -2.38. The number of likely N-dealkylation sites (tertiary alicyclic amines) is 1. The zero-order valence-electron chi connectivity index (χ0n) is 13.8. The minimum atomic E-state index is 0.461. The van der Waals surface area contributed by atoms with E-state index in [-0.39, 0.29) is 0 Å². The van der Waals surface area contributed by atoms with Gasteiger partial charge in [0.25, 0.3) is 0 Å². The number of methoxy groups -OCH3 is 1. The molecule has 0 unspecified atom stereocenters. The van der Waals surface area contributed by atoms with E-state index >= 15 is 0 Å². The van der Waals surface area contributed by atoms with Gasteiger partial charge in [-0.25, -0.2) is 9.97 Å². The third-order valence-corrected chi connectivity index (χ3v) is 4.45. The van der Waals surface area contributed by atoms with Crippen molar-refractivity contribution in [1.29, 1.82) is 0 Å². The molecule has 1 fully saturated rings. The van der Waals surface area contributed by atoms with Gasteiger partial charge in [-0.3, -0.25) is 4.90 Å². The van der Waals surface area contributed by atoms with Crippen LogP contribution in [0.5, 0.6) is 5.88 Å². The van der Waals surface area contributed by atoms with Crippen molar-refractivity contribution < 1.29 is 4.74 Å². The molecule has 1 saturated heterocycles. The first-order valence-electron chi connectivity index (χ1n) is 8.14. The van der Waals surface area contributed by atoms with E-state index in [9.17, 15) is 0 Å². The largest absolute Gasteiger partial charge is 0.481 e. The minimum Gasteiger partial charge on any atom is -0.481 e. The molecule has 2 heterocycles. The van der Waals surface area contributed by atoms with Crippen molar-refractivity contribution in [2.75, 3.05) is 25.5 Å². The Morgan fingerprint density at radius 1 is 1.22 bits per heavy atom. The quantitative estimate of drug-likeness (QED) is 0.920. The van der Waals surface area contributed by atoms with Crippen molar-refractivity contribution >= 4 is 5.82 Å². The second-order valence-electron chi connectivity index (χ2n) is 6.07. The lowest BCUT2D eigenvalue weighted by molar-refractivity contribution is 0.211. The highest BCUT2D eigenvalue weighted by molar-refractivity contribution is 5.38. The number of piperidine rings is 1. The first kappa shape index (κ1) is 15.7. The second kappa shape index (κ2) is 7.42. The summed E-state index contributed by atoms with van der Waals surface area (Å²) >= 11 is 0. The molecule has 2 aromatic rings. The van der Waals surface area contributed by atoms with Crippen molar-refractivity contribution in [3.8, 4) is 5.88 Å². The van der Waals surface area contributed by atoms with Crippen LogP contribution in [0.25, 0.3) is 0 Å². The molecule has 23 heavy (non-hydrogen) atoms. The van der Waals surface area contributed by atoms with Gasteiger partial charge in [-0.15, -0.1) is 0 Å². The molecule has 1 aliphatic heterocycles. The van der Waals surface area contributed by atoms with Crippen molar-refractivity contribution in [2.24, 2.45) is 0 Å². The van der Waals surface area contributed by atoms with Crippen LogP contribution in [0.15, 0.2) is 36.7 Å². The van der Waals surface area contributed by atoms with E-state index in [0.717, 1.165) is 38.3 Å². The second-order valence-corrected chi connectivity index (χ2v) is 6.07. The number of nitrogens with one attached hydrogen (secondary N) is 1. The molecule has 1 aromatic carbocycles. The molecule has 122 valence electrons. The summed E-state index contributed by atoms with van der Waals surface area (Å²) in [5.74, 6) is 1.44. The summed E-state index contributed by atoms with van der Waals surface area (Å²) in [5.41, 5.74) is 2.81. The highest BCUT2D eigenvalue weighted by atomic mass is 16.5. The molecule has 5 nitrogen and oxygen atoms in total. The van der Waals surface area contributed by atoms with E-state index in [1.54, 1.807) is 7.11 Å². The molecule has 1 aliphatic rings. The third-order valence-electron chi connectivity index (χ3n) is 4.45. The molecule has 0 radical (unpaired) electrons. The van der Waals surface area contributed by atoms with Crippen molar-refractivity contribution in [2.45, 2.75) is 32.4 Å². The number of ether oxygens (including phenoxy) is 1. The summed E-state index contributed by atoms with van der Waals surface area (Å²) in [6.07, 6.45) is 3.78. The van der Waals surface area contributed by atoms with E-state index in [1.807, 2.05) is 6.07 Å². The standard InChI is InChI=1S/C18H24N4O/c1-14-5-3-4-6-15(14)12-22-9-7-16(8-10-22)21-17-11-18(23-2)20-13-19-17/h3-6,11,13,16H,7-10,12H2,1-2H3,(H,19,20,21). The molecule has 0 spiro atoms. The van der Waals surface area contributed by atoms with Gasteiger partial charge in [-0.1, -0.05) is 24.3 Å². The molecule has 1 N–H and O–H groups in total. The number of hydrogen-bond donors (Lipinski definition) is 1. The number of hydrogen-bond acceptors (Lipinski definition) is 5. The number of anilines is 1. The van der Waals surface area contributed by atoms with Crippen LogP contribution in [0.4, 0.5) is 5.82 Å². The Balaban J connectivity index is 1.51. The number of benzene rings is 1. The Kier molecular flexibility index (Phi) is 5.08. The van der Waals surface area contributed by atoms with Gasteiger partial charge in [0.15, 0.2) is 0 Å². The molecule has 0 amide bonds. The predicted octanol–water partition coefficient (Wildman–Crippen LogP) is 2.87. The Morgan fingerprint density at radius 3 is 2.74 bits per heavy atom. The van der Waals surface area contributed by atoms with E-state index < -0.39 is 0 Å². The van der Waals surface area contributed by atoms with Crippen LogP contribution < -0.4 is 10.1 Å². The zero-order valence-corrected chi connectivity index (χ0v) is 13.8. The van der Waals surface area contributed by atoms with Crippen LogP contribution in [0.1, 0.15) is 24.0 Å². The number of aryl methyl sites for hydroxylation is 1. The summed E-state index contributed by atoms with van der Waals surface area (Å²) < 4.78 is 5.14. The smallest absolute Gasteiger partial charge is 0.218 e. The number of aromatic nitrogens is 2. The molecule has 5 heteroatoms. The average Bonchev–Trinajstić information content (AvgIpc) is 2.59. The van der Waals surface area contributed by atoms with Gasteiger partial charge in [0.1, 0.15) is 12.1 Å². The van der Waals surface area contributed by atoms with Gasteiger partial charge in [-0.2, -0.15) is 0 Å². The van der Waals surface area contributed by atoms with Crippen molar-refractivity contribution in [3.63, 3.8) is 0 Å². The lowest BCUT2D eigenvalue weighted by atomic mass is 10.0. The maximum Gasteiger partial charge on any atom is 0.218 e. The van der Waals surface area contributed by atoms with E-state index in [2.05, 4.69) is 51.4 Å². The van der Waals surface area contributed by atoms with Crippen LogP contribution >= 0.6 is 0 Å². The van der Waals surface area contributed by atoms with Gasteiger partial charge in [0.05, 0.1) is 7.11 Å². The maximum absolute atomic E-state index is 5.14. The summed E-state index contributed by atoms with van der Waals surface area (Å²) in [7, 11) is 1.62. The van der Waals surface area contributed by atoms with Gasteiger partial charge < -0.3 is 10.1 Å². The Hall–Kier alpha value is -2.14. The molecular formula is C18H24N4O. The highest BCUT2D eigenvalue weighted by Crippen LogP contribution is 2.19.